The van der Waals surface area contributed by atoms with Crippen molar-refractivity contribution in [2.24, 2.45) is 0 Å². The molecule has 1 aromatic heterocycles. The lowest BCUT2D eigenvalue weighted by atomic mass is 9.95. The van der Waals surface area contributed by atoms with Gasteiger partial charge in [-0.2, -0.15) is 0 Å². The third-order valence-corrected chi connectivity index (χ3v) is 2.66. The van der Waals surface area contributed by atoms with Crippen LogP contribution in [-0.4, -0.2) is 16.7 Å². The van der Waals surface area contributed by atoms with Crippen LogP contribution in [0.3, 0.4) is 0 Å². The molecule has 1 aromatic carbocycles. The minimum atomic E-state index is 0.0312. The topological polar surface area (TPSA) is 27.1 Å². The molecule has 3 heteroatoms. The van der Waals surface area contributed by atoms with Gasteiger partial charge in [0, 0.05) is 23.5 Å². The molecule has 0 fully saturated rings. The maximum Gasteiger partial charge on any atom is 0.119 e. The molecule has 0 spiro atoms. The summed E-state index contributed by atoms with van der Waals surface area (Å²) in [5.41, 5.74) is 1.14. The lowest BCUT2D eigenvalue weighted by molar-refractivity contribution is 0.414. The zero-order chi connectivity index (χ0) is 12.5. The van der Waals surface area contributed by atoms with Gasteiger partial charge in [-0.3, -0.25) is 0 Å². The highest BCUT2D eigenvalue weighted by molar-refractivity contribution is 5.39. The number of aromatic nitrogens is 2. The van der Waals surface area contributed by atoms with Crippen LogP contribution in [0.25, 0.3) is 5.69 Å². The van der Waals surface area contributed by atoms with E-state index < -0.39 is 0 Å². The van der Waals surface area contributed by atoms with Crippen molar-refractivity contribution in [2.45, 2.75) is 26.2 Å². The van der Waals surface area contributed by atoms with Crippen LogP contribution >= 0.6 is 0 Å². The normalized spacial score (nSPS) is 11.5. The number of nitrogens with zero attached hydrogens (tertiary/aromatic N) is 2. The number of benzene rings is 1. The number of ether oxygens (including phenoxy) is 1. The fraction of sp³-hybridized carbons (Fsp3) is 0.357. The first-order chi connectivity index (χ1) is 8.02. The second kappa shape index (κ2) is 4.24. The average Bonchev–Trinajstić information content (AvgIpc) is 2.78. The van der Waals surface area contributed by atoms with Crippen LogP contribution in [0.5, 0.6) is 5.75 Å². The molecular weight excluding hydrogens is 212 g/mol. The van der Waals surface area contributed by atoms with Gasteiger partial charge in [0.25, 0.3) is 0 Å². The number of imidazole rings is 1. The summed E-state index contributed by atoms with van der Waals surface area (Å²) in [6.45, 7) is 6.49. The summed E-state index contributed by atoms with van der Waals surface area (Å²) in [6, 6.07) is 8.00. The highest BCUT2D eigenvalue weighted by Crippen LogP contribution is 2.24. The second-order valence-electron chi connectivity index (χ2n) is 5.07. The van der Waals surface area contributed by atoms with Gasteiger partial charge in [-0.15, -0.1) is 0 Å². The molecular formula is C14H18N2O. The molecule has 2 rings (SSSR count). The van der Waals surface area contributed by atoms with E-state index in [1.807, 2.05) is 36.7 Å². The van der Waals surface area contributed by atoms with Crippen LogP contribution in [-0.2, 0) is 5.41 Å². The van der Waals surface area contributed by atoms with Gasteiger partial charge in [-0.1, -0.05) is 20.8 Å². The summed E-state index contributed by atoms with van der Waals surface area (Å²) in [5.74, 6) is 1.92. The fourth-order valence-corrected chi connectivity index (χ4v) is 1.81. The number of hydrogen-bond acceptors (Lipinski definition) is 2. The van der Waals surface area contributed by atoms with Crippen LogP contribution in [0.1, 0.15) is 26.6 Å². The third-order valence-electron chi connectivity index (χ3n) is 2.66. The predicted molar refractivity (Wildman–Crippen MR) is 68.8 cm³/mol. The molecule has 0 amide bonds. The van der Waals surface area contributed by atoms with E-state index in [2.05, 4.69) is 30.3 Å². The number of rotatable bonds is 2. The highest BCUT2D eigenvalue weighted by Gasteiger charge is 2.20. The smallest absolute Gasteiger partial charge is 0.119 e. The summed E-state index contributed by atoms with van der Waals surface area (Å²) in [6.07, 6.45) is 3.83. The van der Waals surface area contributed by atoms with Gasteiger partial charge < -0.3 is 9.30 Å². The van der Waals surface area contributed by atoms with Crippen molar-refractivity contribution in [1.29, 1.82) is 0 Å². The molecule has 0 radical (unpaired) electrons. The first kappa shape index (κ1) is 11.7. The van der Waals surface area contributed by atoms with Crippen molar-refractivity contribution in [3.05, 3.63) is 42.5 Å². The standard InChI is InChI=1S/C14H18N2O/c1-14(2,3)13-15-9-10-16(13)11-5-7-12(17-4)8-6-11/h5-10H,1-4H3. The van der Waals surface area contributed by atoms with Crippen molar-refractivity contribution in [3.63, 3.8) is 0 Å². The quantitative estimate of drug-likeness (QED) is 0.792. The SMILES string of the molecule is COc1ccc(-n2ccnc2C(C)(C)C)cc1. The van der Waals surface area contributed by atoms with Gasteiger partial charge in [0.15, 0.2) is 0 Å². The first-order valence-electron chi connectivity index (χ1n) is 5.70. The summed E-state index contributed by atoms with van der Waals surface area (Å²) < 4.78 is 7.27. The van der Waals surface area contributed by atoms with Crippen LogP contribution < -0.4 is 4.74 Å². The molecule has 17 heavy (non-hydrogen) atoms. The minimum Gasteiger partial charge on any atom is -0.497 e. The van der Waals surface area contributed by atoms with Crippen LogP contribution in [0.2, 0.25) is 0 Å². The molecule has 0 bridgehead atoms. The van der Waals surface area contributed by atoms with Crippen molar-refractivity contribution in [2.75, 3.05) is 7.11 Å². The molecule has 0 aliphatic rings. The van der Waals surface area contributed by atoms with Crippen LogP contribution in [0, 0.1) is 0 Å². The van der Waals surface area contributed by atoms with E-state index in [9.17, 15) is 0 Å². The van der Waals surface area contributed by atoms with Crippen molar-refractivity contribution in [3.8, 4) is 11.4 Å². The van der Waals surface area contributed by atoms with Gasteiger partial charge in [0.05, 0.1) is 7.11 Å². The Kier molecular flexibility index (Phi) is 2.92. The maximum absolute atomic E-state index is 5.16. The van der Waals surface area contributed by atoms with E-state index in [4.69, 9.17) is 4.74 Å². The molecule has 0 saturated heterocycles. The molecule has 0 unspecified atom stereocenters. The molecule has 90 valence electrons. The lowest BCUT2D eigenvalue weighted by Crippen LogP contribution is -2.17. The van der Waals surface area contributed by atoms with Crippen LogP contribution in [0.15, 0.2) is 36.7 Å². The van der Waals surface area contributed by atoms with Crippen molar-refractivity contribution < 1.29 is 4.74 Å². The summed E-state index contributed by atoms with van der Waals surface area (Å²) >= 11 is 0. The van der Waals surface area contributed by atoms with Gasteiger partial charge >= 0.3 is 0 Å². The Bertz CT molecular complexity index is 492. The van der Waals surface area contributed by atoms with E-state index in [-0.39, 0.29) is 5.41 Å². The Morgan fingerprint density at radius 2 is 1.76 bits per heavy atom. The highest BCUT2D eigenvalue weighted by atomic mass is 16.5. The van der Waals surface area contributed by atoms with Gasteiger partial charge in [0.1, 0.15) is 11.6 Å². The van der Waals surface area contributed by atoms with E-state index in [0.717, 1.165) is 17.3 Å². The molecule has 1 heterocycles. The fourth-order valence-electron chi connectivity index (χ4n) is 1.81. The van der Waals surface area contributed by atoms with E-state index in [1.165, 1.54) is 0 Å². The maximum atomic E-state index is 5.16. The first-order valence-corrected chi connectivity index (χ1v) is 5.70. The molecule has 0 aliphatic heterocycles. The van der Waals surface area contributed by atoms with E-state index >= 15 is 0 Å². The summed E-state index contributed by atoms with van der Waals surface area (Å²) in [7, 11) is 1.67. The summed E-state index contributed by atoms with van der Waals surface area (Å²) in [4.78, 5) is 4.44. The zero-order valence-electron chi connectivity index (χ0n) is 10.8. The second-order valence-corrected chi connectivity index (χ2v) is 5.07. The average molecular weight is 230 g/mol. The third kappa shape index (κ3) is 2.33. The Morgan fingerprint density at radius 3 is 2.29 bits per heavy atom. The molecule has 2 aromatic rings. The van der Waals surface area contributed by atoms with Gasteiger partial charge in [0.2, 0.25) is 0 Å². The Morgan fingerprint density at radius 1 is 1.12 bits per heavy atom. The molecule has 3 nitrogen and oxygen atoms in total. The van der Waals surface area contributed by atoms with E-state index in [0.29, 0.717) is 0 Å². The molecule has 0 aliphatic carbocycles. The van der Waals surface area contributed by atoms with Gasteiger partial charge in [-0.25, -0.2) is 4.98 Å². The van der Waals surface area contributed by atoms with Crippen molar-refractivity contribution in [1.82, 2.24) is 9.55 Å². The number of methoxy groups -OCH3 is 1. The molecule has 0 saturated carbocycles. The largest absolute Gasteiger partial charge is 0.497 e. The van der Waals surface area contributed by atoms with E-state index in [1.54, 1.807) is 7.11 Å². The predicted octanol–water partition coefficient (Wildman–Crippen LogP) is 3.18. The lowest BCUT2D eigenvalue weighted by Gasteiger charge is -2.19. The Labute approximate surface area is 102 Å². The Hall–Kier alpha value is -1.77. The van der Waals surface area contributed by atoms with Crippen molar-refractivity contribution >= 4 is 0 Å². The minimum absolute atomic E-state index is 0.0312. The van der Waals surface area contributed by atoms with Crippen LogP contribution in [0.4, 0.5) is 0 Å². The molecule has 0 N–H and O–H groups in total. The van der Waals surface area contributed by atoms with Gasteiger partial charge in [-0.05, 0) is 24.3 Å². The summed E-state index contributed by atoms with van der Waals surface area (Å²) in [5, 5.41) is 0. The Balaban J connectivity index is 2.43. The molecule has 0 atom stereocenters. The number of hydrogen-bond donors (Lipinski definition) is 0. The monoisotopic (exact) mass is 230 g/mol. The zero-order valence-corrected chi connectivity index (χ0v) is 10.8.